The molecule has 0 aliphatic carbocycles. The van der Waals surface area contributed by atoms with Gasteiger partial charge in [0, 0.05) is 28.6 Å². The number of rotatable bonds is 5. The van der Waals surface area contributed by atoms with Gasteiger partial charge in [-0.25, -0.2) is 0 Å². The molecule has 0 aliphatic rings. The molecule has 0 aromatic rings. The third-order valence-corrected chi connectivity index (χ3v) is 0.375. The highest BCUT2D eigenvalue weighted by atomic mass is 32.1. The van der Waals surface area contributed by atoms with E-state index in [2.05, 4.69) is 58.8 Å². The zero-order valence-corrected chi connectivity index (χ0v) is 5.79. The first-order valence-electron chi connectivity index (χ1n) is 1.96. The first kappa shape index (κ1) is 9.51. The van der Waals surface area contributed by atoms with Gasteiger partial charge < -0.3 is 0 Å². The van der Waals surface area contributed by atoms with E-state index in [1.165, 1.54) is 0 Å². The molecule has 0 aliphatic heterocycles. The van der Waals surface area contributed by atoms with Gasteiger partial charge in [0.05, 0.1) is 5.28 Å². The van der Waals surface area contributed by atoms with Crippen molar-refractivity contribution < 1.29 is 9.32 Å². The van der Waals surface area contributed by atoms with Crippen LogP contribution in [-0.2, 0) is 9.32 Å². The average molecular weight is 178 g/mol. The van der Waals surface area contributed by atoms with Crippen LogP contribution in [0.2, 0.25) is 0 Å². The van der Waals surface area contributed by atoms with Crippen molar-refractivity contribution in [2.24, 2.45) is 36.6 Å². The van der Waals surface area contributed by atoms with Crippen LogP contribution in [0.5, 0.6) is 0 Å². The summed E-state index contributed by atoms with van der Waals surface area (Å²) in [5.74, 6) is 0. The van der Waals surface area contributed by atoms with Crippen molar-refractivity contribution in [3.8, 4) is 0 Å². The van der Waals surface area contributed by atoms with Crippen molar-refractivity contribution in [3.05, 3.63) is 0 Å². The first-order chi connectivity index (χ1) is 5.41. The van der Waals surface area contributed by atoms with Gasteiger partial charge in [-0.3, -0.25) is 0 Å². The Morgan fingerprint density at radius 2 is 1.64 bits per heavy atom. The maximum absolute atomic E-state index is 6.10. The molecule has 11 heavy (non-hydrogen) atoms. The standard InChI is InChI=1S/H2N8O2S/c1-2-3-4-5-6-7-8-9-10-11/h1,11H. The molecule has 0 saturated heterocycles. The molecule has 0 heterocycles. The average Bonchev–Trinajstić information content (AvgIpc) is 2.03. The minimum absolute atomic E-state index is 2.48. The summed E-state index contributed by atoms with van der Waals surface area (Å²) in [6.07, 6.45) is 0. The second-order valence-electron chi connectivity index (χ2n) is 0.778. The minimum atomic E-state index is 2.48. The second kappa shape index (κ2) is 8.51. The van der Waals surface area contributed by atoms with Gasteiger partial charge >= 0.3 is 0 Å². The normalized spacial score (nSPS) is 11.7. The summed E-state index contributed by atoms with van der Waals surface area (Å²) in [6, 6.07) is 0. The lowest BCUT2D eigenvalue weighted by Gasteiger charge is -1.78. The Hall–Kier alpha value is -1.49. The predicted octanol–water partition coefficient (Wildman–Crippen LogP) is 1.83. The lowest BCUT2D eigenvalue weighted by atomic mass is 12.4. The summed E-state index contributed by atoms with van der Waals surface area (Å²) in [6.45, 7) is 0. The lowest BCUT2D eigenvalue weighted by Crippen LogP contribution is -1.65. The highest BCUT2D eigenvalue weighted by Gasteiger charge is 1.70. The van der Waals surface area contributed by atoms with Crippen LogP contribution in [0.1, 0.15) is 0 Å². The maximum Gasteiger partial charge on any atom is 0.0888 e. The number of hydrogen-bond donors (Lipinski definition) is 2. The van der Waals surface area contributed by atoms with Gasteiger partial charge in [-0.2, -0.15) is 10.5 Å². The molecule has 0 aromatic carbocycles. The first-order valence-corrected chi connectivity index (χ1v) is 2.32. The number of thiol groups is 1. The van der Waals surface area contributed by atoms with Gasteiger partial charge in [0.25, 0.3) is 0 Å². The van der Waals surface area contributed by atoms with Gasteiger partial charge in [-0.15, -0.1) is 0 Å². The molecule has 0 bridgehead atoms. The van der Waals surface area contributed by atoms with Crippen LogP contribution in [0, 0.1) is 5.53 Å². The minimum Gasteiger partial charge on any atom is -0.186 e. The van der Waals surface area contributed by atoms with E-state index >= 15 is 0 Å². The molecule has 0 amide bonds. The zero-order chi connectivity index (χ0) is 8.36. The molecule has 0 atom stereocenters. The van der Waals surface area contributed by atoms with Crippen molar-refractivity contribution in [2.45, 2.75) is 0 Å². The van der Waals surface area contributed by atoms with Crippen molar-refractivity contribution in [3.63, 3.8) is 0 Å². The molecule has 0 saturated carbocycles. The Labute approximate surface area is 65.3 Å². The van der Waals surface area contributed by atoms with E-state index in [0.717, 1.165) is 0 Å². The maximum atomic E-state index is 6.10. The molecule has 60 valence electrons. The van der Waals surface area contributed by atoms with E-state index in [-0.39, 0.29) is 0 Å². The van der Waals surface area contributed by atoms with Crippen LogP contribution in [0.4, 0.5) is 0 Å². The zero-order valence-electron chi connectivity index (χ0n) is 4.89. The van der Waals surface area contributed by atoms with E-state index < -0.39 is 0 Å². The van der Waals surface area contributed by atoms with Crippen molar-refractivity contribution >= 4 is 12.9 Å². The second-order valence-corrected chi connectivity index (χ2v) is 0.927. The molecule has 10 nitrogen and oxygen atoms in total. The molecule has 11 heteroatoms. The molecule has 0 radical (unpaired) electrons. The van der Waals surface area contributed by atoms with E-state index in [1.54, 1.807) is 0 Å². The van der Waals surface area contributed by atoms with Crippen LogP contribution in [0.3, 0.4) is 0 Å². The number of hydrogen-bond acceptors (Lipinski definition) is 5. The molecule has 0 rings (SSSR count). The Kier molecular flexibility index (Phi) is 7.36. The summed E-state index contributed by atoms with van der Waals surface area (Å²) >= 11 is 3.15. The summed E-state index contributed by atoms with van der Waals surface area (Å²) < 4.78 is 3.70. The fraction of sp³-hybridized carbons (Fsp3) is 0. The van der Waals surface area contributed by atoms with Crippen LogP contribution in [0.25, 0.3) is 0 Å². The molecule has 0 aromatic heterocycles. The van der Waals surface area contributed by atoms with Crippen LogP contribution >= 0.6 is 12.9 Å². The Morgan fingerprint density at radius 1 is 1.00 bits per heavy atom. The van der Waals surface area contributed by atoms with Gasteiger partial charge in [0.2, 0.25) is 0 Å². The topological polar surface area (TPSA) is 129 Å². The lowest BCUT2D eigenvalue weighted by molar-refractivity contribution is -0.197. The monoisotopic (exact) mass is 178 g/mol. The van der Waals surface area contributed by atoms with E-state index in [9.17, 15) is 0 Å². The largest absolute Gasteiger partial charge is 0.186 e. The molecule has 0 fully saturated rings. The molecule has 0 spiro atoms. The SMILES string of the molecule is N=NN=NN=NN=NOOS. The Morgan fingerprint density at radius 3 is 2.27 bits per heavy atom. The summed E-state index contributed by atoms with van der Waals surface area (Å²) in [5.41, 5.74) is 6.10. The Bertz CT molecular complexity index is 171. The number of nitrogens with one attached hydrogen (secondary N) is 1. The van der Waals surface area contributed by atoms with E-state index in [1.807, 2.05) is 0 Å². The third-order valence-electron chi connectivity index (χ3n) is 0.308. The Balaban J connectivity index is 3.42. The van der Waals surface area contributed by atoms with Gasteiger partial charge in [-0.05, 0) is 15.7 Å². The van der Waals surface area contributed by atoms with Gasteiger partial charge in [0.1, 0.15) is 0 Å². The summed E-state index contributed by atoms with van der Waals surface area (Å²) in [4.78, 5) is 3.78. The fourth-order valence-corrected chi connectivity index (χ4v) is 0.150. The van der Waals surface area contributed by atoms with E-state index in [4.69, 9.17) is 5.53 Å². The third kappa shape index (κ3) is 8.51. The van der Waals surface area contributed by atoms with Gasteiger partial charge in [0.15, 0.2) is 0 Å². The van der Waals surface area contributed by atoms with Crippen LogP contribution < -0.4 is 0 Å². The van der Waals surface area contributed by atoms with Crippen molar-refractivity contribution in [1.29, 1.82) is 5.53 Å². The van der Waals surface area contributed by atoms with Gasteiger partial charge in [-0.1, -0.05) is 4.33 Å². The predicted molar refractivity (Wildman–Crippen MR) is 30.9 cm³/mol. The smallest absolute Gasteiger partial charge is 0.0888 e. The van der Waals surface area contributed by atoms with E-state index in [0.29, 0.717) is 0 Å². The molecule has 0 unspecified atom stereocenters. The molecule has 1 N–H and O–H groups in total. The summed E-state index contributed by atoms with van der Waals surface area (Å²) in [7, 11) is 0. The highest BCUT2D eigenvalue weighted by molar-refractivity contribution is 7.74. The van der Waals surface area contributed by atoms with Crippen molar-refractivity contribution in [1.82, 2.24) is 0 Å². The summed E-state index contributed by atoms with van der Waals surface area (Å²) in [5, 5.41) is 19.5. The number of nitrogens with zero attached hydrogens (tertiary/aromatic N) is 7. The quantitative estimate of drug-likeness (QED) is 0.219. The molecular formula is H2N8O2S. The fourth-order valence-electron chi connectivity index (χ4n) is 0.120. The molecular weight excluding hydrogens is 176 g/mol. The van der Waals surface area contributed by atoms with Crippen molar-refractivity contribution in [2.75, 3.05) is 0 Å². The van der Waals surface area contributed by atoms with Crippen LogP contribution in [0.15, 0.2) is 36.6 Å². The van der Waals surface area contributed by atoms with Crippen LogP contribution in [-0.4, -0.2) is 0 Å². The highest BCUT2D eigenvalue weighted by Crippen LogP contribution is 1.86.